The minimum absolute atomic E-state index is 0.108. The van der Waals surface area contributed by atoms with Gasteiger partial charge in [0.2, 0.25) is 0 Å². The van der Waals surface area contributed by atoms with Crippen molar-refractivity contribution >= 4 is 11.6 Å². The van der Waals surface area contributed by atoms with E-state index in [1.54, 1.807) is 14.2 Å². The van der Waals surface area contributed by atoms with Crippen molar-refractivity contribution in [2.24, 2.45) is 0 Å². The van der Waals surface area contributed by atoms with Gasteiger partial charge in [-0.25, -0.2) is 0 Å². The summed E-state index contributed by atoms with van der Waals surface area (Å²) in [6.45, 7) is 2.27. The minimum Gasteiger partial charge on any atom is -0.497 e. The molecule has 1 heterocycles. The SMILES string of the molecule is COc1ccc(CNC(=O)c2ccc(N3CCc4ccccc4C3)cc2)c(OC)c1. The zero-order valence-electron chi connectivity index (χ0n) is 17.4. The molecule has 0 saturated heterocycles. The molecule has 3 aromatic rings. The predicted octanol–water partition coefficient (Wildman–Crippen LogP) is 4.20. The lowest BCUT2D eigenvalue weighted by Gasteiger charge is -2.30. The fourth-order valence-electron chi connectivity index (χ4n) is 3.82. The van der Waals surface area contributed by atoms with E-state index in [-0.39, 0.29) is 5.91 Å². The molecule has 154 valence electrons. The van der Waals surface area contributed by atoms with Crippen molar-refractivity contribution in [3.8, 4) is 11.5 Å². The second kappa shape index (κ2) is 8.91. The van der Waals surface area contributed by atoms with Crippen LogP contribution < -0.4 is 19.7 Å². The summed E-state index contributed by atoms with van der Waals surface area (Å²) < 4.78 is 10.6. The number of carbonyl (C=O) groups is 1. The molecule has 5 heteroatoms. The van der Waals surface area contributed by atoms with Crippen LogP contribution in [0.1, 0.15) is 27.0 Å². The number of methoxy groups -OCH3 is 2. The third-order valence-corrected chi connectivity index (χ3v) is 5.56. The molecule has 1 aliphatic heterocycles. The number of amides is 1. The van der Waals surface area contributed by atoms with E-state index in [0.29, 0.717) is 17.9 Å². The molecule has 0 atom stereocenters. The molecule has 1 aliphatic rings. The van der Waals surface area contributed by atoms with Gasteiger partial charge in [0, 0.05) is 42.5 Å². The smallest absolute Gasteiger partial charge is 0.251 e. The van der Waals surface area contributed by atoms with Gasteiger partial charge >= 0.3 is 0 Å². The molecule has 0 spiro atoms. The van der Waals surface area contributed by atoms with E-state index in [1.807, 2.05) is 42.5 Å². The number of fused-ring (bicyclic) bond motifs is 1. The fraction of sp³-hybridized carbons (Fsp3) is 0.240. The number of nitrogens with one attached hydrogen (secondary N) is 1. The highest BCUT2D eigenvalue weighted by molar-refractivity contribution is 5.94. The topological polar surface area (TPSA) is 50.8 Å². The van der Waals surface area contributed by atoms with Crippen molar-refractivity contribution in [3.05, 3.63) is 89.0 Å². The van der Waals surface area contributed by atoms with Gasteiger partial charge in [-0.3, -0.25) is 4.79 Å². The van der Waals surface area contributed by atoms with Gasteiger partial charge in [0.1, 0.15) is 11.5 Å². The molecule has 3 aromatic carbocycles. The molecular formula is C25H26N2O3. The molecule has 0 unspecified atom stereocenters. The normalized spacial score (nSPS) is 12.8. The van der Waals surface area contributed by atoms with Crippen molar-refractivity contribution in [1.82, 2.24) is 5.32 Å². The van der Waals surface area contributed by atoms with Crippen molar-refractivity contribution in [3.63, 3.8) is 0 Å². The molecule has 0 aliphatic carbocycles. The minimum atomic E-state index is -0.108. The third-order valence-electron chi connectivity index (χ3n) is 5.56. The van der Waals surface area contributed by atoms with Crippen LogP contribution in [0.5, 0.6) is 11.5 Å². The first-order valence-corrected chi connectivity index (χ1v) is 10.1. The van der Waals surface area contributed by atoms with Crippen LogP contribution in [0.2, 0.25) is 0 Å². The van der Waals surface area contributed by atoms with Crippen molar-refractivity contribution < 1.29 is 14.3 Å². The summed E-state index contributed by atoms with van der Waals surface area (Å²) in [7, 11) is 3.22. The Morgan fingerprint density at radius 3 is 2.47 bits per heavy atom. The van der Waals surface area contributed by atoms with E-state index >= 15 is 0 Å². The lowest BCUT2D eigenvalue weighted by Crippen LogP contribution is -2.30. The zero-order chi connectivity index (χ0) is 20.9. The maximum absolute atomic E-state index is 12.6. The molecule has 0 radical (unpaired) electrons. The van der Waals surface area contributed by atoms with Crippen molar-refractivity contribution in [1.29, 1.82) is 0 Å². The first kappa shape index (κ1) is 19.8. The largest absolute Gasteiger partial charge is 0.497 e. The zero-order valence-corrected chi connectivity index (χ0v) is 17.4. The quantitative estimate of drug-likeness (QED) is 0.672. The second-order valence-corrected chi connectivity index (χ2v) is 7.35. The third kappa shape index (κ3) is 4.25. The molecule has 0 bridgehead atoms. The molecule has 5 nitrogen and oxygen atoms in total. The number of rotatable bonds is 6. The summed E-state index contributed by atoms with van der Waals surface area (Å²) in [5.41, 5.74) is 5.48. The Morgan fingerprint density at radius 1 is 0.967 bits per heavy atom. The number of ether oxygens (including phenoxy) is 2. The molecular weight excluding hydrogens is 376 g/mol. The highest BCUT2D eigenvalue weighted by Crippen LogP contribution is 2.26. The predicted molar refractivity (Wildman–Crippen MR) is 118 cm³/mol. The summed E-state index contributed by atoms with van der Waals surface area (Å²) in [5, 5.41) is 2.97. The average molecular weight is 402 g/mol. The van der Waals surface area contributed by atoms with Crippen molar-refractivity contribution in [2.75, 3.05) is 25.7 Å². The second-order valence-electron chi connectivity index (χ2n) is 7.35. The molecule has 30 heavy (non-hydrogen) atoms. The van der Waals surface area contributed by atoms with Gasteiger partial charge in [0.25, 0.3) is 5.91 Å². The highest BCUT2D eigenvalue weighted by atomic mass is 16.5. The summed E-state index contributed by atoms with van der Waals surface area (Å²) in [6, 6.07) is 22.0. The Morgan fingerprint density at radius 2 is 1.73 bits per heavy atom. The van der Waals surface area contributed by atoms with E-state index in [1.165, 1.54) is 11.1 Å². The van der Waals surface area contributed by atoms with Crippen LogP contribution in [0, 0.1) is 0 Å². The summed E-state index contributed by atoms with van der Waals surface area (Å²) in [4.78, 5) is 15.0. The summed E-state index contributed by atoms with van der Waals surface area (Å²) >= 11 is 0. The van der Waals surface area contributed by atoms with Crippen LogP contribution in [-0.4, -0.2) is 26.7 Å². The maximum Gasteiger partial charge on any atom is 0.251 e. The lowest BCUT2D eigenvalue weighted by molar-refractivity contribution is 0.0950. The van der Waals surface area contributed by atoms with E-state index in [0.717, 1.165) is 36.5 Å². The Hall–Kier alpha value is -3.47. The van der Waals surface area contributed by atoms with Gasteiger partial charge in [-0.15, -0.1) is 0 Å². The van der Waals surface area contributed by atoms with Gasteiger partial charge in [-0.1, -0.05) is 24.3 Å². The number of hydrogen-bond donors (Lipinski definition) is 1. The van der Waals surface area contributed by atoms with E-state index in [2.05, 4.69) is 34.5 Å². The number of hydrogen-bond acceptors (Lipinski definition) is 4. The molecule has 1 amide bonds. The molecule has 1 N–H and O–H groups in total. The summed E-state index contributed by atoms with van der Waals surface area (Å²) in [6.07, 6.45) is 1.04. The summed E-state index contributed by atoms with van der Waals surface area (Å²) in [5.74, 6) is 1.30. The van der Waals surface area contributed by atoms with Crippen LogP contribution >= 0.6 is 0 Å². The number of benzene rings is 3. The Kier molecular flexibility index (Phi) is 5.89. The molecule has 0 aromatic heterocycles. The Labute approximate surface area is 177 Å². The van der Waals surface area contributed by atoms with Gasteiger partial charge in [0.15, 0.2) is 0 Å². The average Bonchev–Trinajstić information content (AvgIpc) is 2.82. The maximum atomic E-state index is 12.6. The number of nitrogens with zero attached hydrogens (tertiary/aromatic N) is 1. The van der Waals surface area contributed by atoms with Gasteiger partial charge < -0.3 is 19.7 Å². The van der Waals surface area contributed by atoms with Crippen molar-refractivity contribution in [2.45, 2.75) is 19.5 Å². The van der Waals surface area contributed by atoms with Gasteiger partial charge in [-0.2, -0.15) is 0 Å². The highest BCUT2D eigenvalue weighted by Gasteiger charge is 2.16. The first-order chi connectivity index (χ1) is 14.7. The van der Waals surface area contributed by atoms with Gasteiger partial charge in [0.05, 0.1) is 14.2 Å². The monoisotopic (exact) mass is 402 g/mol. The van der Waals surface area contributed by atoms with Crippen LogP contribution in [-0.2, 0) is 19.5 Å². The van der Waals surface area contributed by atoms with E-state index in [4.69, 9.17) is 9.47 Å². The van der Waals surface area contributed by atoms with Gasteiger partial charge in [-0.05, 0) is 53.9 Å². The Bertz CT molecular complexity index is 1030. The molecule has 0 fully saturated rings. The molecule has 4 rings (SSSR count). The Balaban J connectivity index is 1.39. The molecule has 0 saturated carbocycles. The van der Waals surface area contributed by atoms with E-state index in [9.17, 15) is 4.79 Å². The lowest BCUT2D eigenvalue weighted by atomic mass is 9.99. The first-order valence-electron chi connectivity index (χ1n) is 10.1. The van der Waals surface area contributed by atoms with Crippen LogP contribution in [0.15, 0.2) is 66.7 Å². The van der Waals surface area contributed by atoms with Crippen LogP contribution in [0.25, 0.3) is 0 Å². The number of anilines is 1. The standard InChI is InChI=1S/C25H26N2O3/c1-29-23-12-9-20(24(15-23)30-2)16-26-25(28)19-7-10-22(11-8-19)27-14-13-18-5-3-4-6-21(18)17-27/h3-12,15H,13-14,16-17H2,1-2H3,(H,26,28). The fourth-order valence-corrected chi connectivity index (χ4v) is 3.82. The van der Waals surface area contributed by atoms with Crippen LogP contribution in [0.4, 0.5) is 5.69 Å². The van der Waals surface area contributed by atoms with Crippen LogP contribution in [0.3, 0.4) is 0 Å². The van der Waals surface area contributed by atoms with E-state index < -0.39 is 0 Å². The number of carbonyl (C=O) groups excluding carboxylic acids is 1.